The molecule has 0 spiro atoms. The first-order valence-electron chi connectivity index (χ1n) is 6.30. The normalized spacial score (nSPS) is 11.7. The van der Waals surface area contributed by atoms with Gasteiger partial charge in [-0.15, -0.1) is 11.3 Å². The van der Waals surface area contributed by atoms with Crippen molar-refractivity contribution in [2.75, 3.05) is 0 Å². The molecule has 0 aliphatic heterocycles. The standard InChI is InChI=1S/C14H16ClNO3S2/c1-8-5-12(6-9(2)14(8)21(15,17)18)19-7-13-16-10(3)11(4)20-13/h5-6H,7H2,1-4H3. The number of nitrogens with zero attached hydrogens (tertiary/aromatic N) is 1. The minimum absolute atomic E-state index is 0.150. The molecule has 0 radical (unpaired) electrons. The number of ether oxygens (including phenoxy) is 1. The maximum atomic E-state index is 11.5. The van der Waals surface area contributed by atoms with Gasteiger partial charge < -0.3 is 4.74 Å². The molecule has 4 nitrogen and oxygen atoms in total. The molecule has 21 heavy (non-hydrogen) atoms. The van der Waals surface area contributed by atoms with E-state index in [1.165, 1.54) is 4.88 Å². The van der Waals surface area contributed by atoms with E-state index in [2.05, 4.69) is 4.98 Å². The van der Waals surface area contributed by atoms with Crippen LogP contribution in [0.1, 0.15) is 26.7 Å². The molecule has 1 aromatic heterocycles. The number of thiazole rings is 1. The molecule has 0 N–H and O–H groups in total. The van der Waals surface area contributed by atoms with Gasteiger partial charge in [0.05, 0.1) is 10.6 Å². The number of hydrogen-bond acceptors (Lipinski definition) is 5. The van der Waals surface area contributed by atoms with E-state index in [-0.39, 0.29) is 4.90 Å². The summed E-state index contributed by atoms with van der Waals surface area (Å²) in [6.07, 6.45) is 0. The van der Waals surface area contributed by atoms with E-state index in [1.54, 1.807) is 37.3 Å². The van der Waals surface area contributed by atoms with Crippen molar-refractivity contribution in [3.05, 3.63) is 38.8 Å². The first kappa shape index (κ1) is 16.3. The van der Waals surface area contributed by atoms with Crippen LogP contribution in [0, 0.1) is 27.7 Å². The van der Waals surface area contributed by atoms with E-state index in [1.807, 2.05) is 13.8 Å². The Balaban J connectivity index is 2.22. The molecule has 0 atom stereocenters. The summed E-state index contributed by atoms with van der Waals surface area (Å²) in [5, 5.41) is 0.898. The van der Waals surface area contributed by atoms with Crippen LogP contribution in [0.5, 0.6) is 5.75 Å². The van der Waals surface area contributed by atoms with Gasteiger partial charge in [-0.05, 0) is 51.0 Å². The number of aryl methyl sites for hydroxylation is 4. The fourth-order valence-corrected chi connectivity index (χ4v) is 4.59. The van der Waals surface area contributed by atoms with Crippen molar-refractivity contribution in [1.29, 1.82) is 0 Å². The van der Waals surface area contributed by atoms with Crippen LogP contribution >= 0.6 is 22.0 Å². The lowest BCUT2D eigenvalue weighted by molar-refractivity contribution is 0.304. The molecule has 0 saturated heterocycles. The zero-order chi connectivity index (χ0) is 15.8. The Morgan fingerprint density at radius 2 is 1.76 bits per heavy atom. The molecule has 0 amide bonds. The zero-order valence-corrected chi connectivity index (χ0v) is 14.6. The van der Waals surface area contributed by atoms with Crippen LogP contribution in [0.15, 0.2) is 17.0 Å². The molecule has 0 aliphatic carbocycles. The molecule has 1 heterocycles. The van der Waals surface area contributed by atoms with E-state index >= 15 is 0 Å². The minimum atomic E-state index is -3.74. The highest BCUT2D eigenvalue weighted by molar-refractivity contribution is 8.13. The molecular weight excluding hydrogens is 330 g/mol. The molecule has 2 aromatic rings. The summed E-state index contributed by atoms with van der Waals surface area (Å²) in [4.78, 5) is 5.72. The van der Waals surface area contributed by atoms with E-state index in [4.69, 9.17) is 15.4 Å². The highest BCUT2D eigenvalue weighted by Gasteiger charge is 2.18. The quantitative estimate of drug-likeness (QED) is 0.789. The van der Waals surface area contributed by atoms with Crippen molar-refractivity contribution in [2.45, 2.75) is 39.2 Å². The monoisotopic (exact) mass is 345 g/mol. The number of halogens is 1. The minimum Gasteiger partial charge on any atom is -0.486 e. The molecule has 0 aliphatic rings. The highest BCUT2D eigenvalue weighted by Crippen LogP contribution is 2.29. The molecule has 0 fully saturated rings. The number of hydrogen-bond donors (Lipinski definition) is 0. The Labute approximate surface area is 133 Å². The second-order valence-electron chi connectivity index (χ2n) is 4.86. The smallest absolute Gasteiger partial charge is 0.261 e. The first-order valence-corrected chi connectivity index (χ1v) is 9.42. The SMILES string of the molecule is Cc1cc(OCc2nc(C)c(C)s2)cc(C)c1S(=O)(=O)Cl. The number of rotatable bonds is 4. The van der Waals surface area contributed by atoms with E-state index < -0.39 is 9.05 Å². The largest absolute Gasteiger partial charge is 0.486 e. The van der Waals surface area contributed by atoms with Gasteiger partial charge >= 0.3 is 0 Å². The molecule has 7 heteroatoms. The summed E-state index contributed by atoms with van der Waals surface area (Å²) < 4.78 is 28.7. The Morgan fingerprint density at radius 1 is 1.19 bits per heavy atom. The molecular formula is C14H16ClNO3S2. The average molecular weight is 346 g/mol. The summed E-state index contributed by atoms with van der Waals surface area (Å²) in [5.41, 5.74) is 2.16. The van der Waals surface area contributed by atoms with Crippen molar-refractivity contribution < 1.29 is 13.2 Å². The van der Waals surface area contributed by atoms with Gasteiger partial charge in [0.15, 0.2) is 0 Å². The Bertz CT molecular complexity index is 739. The maximum absolute atomic E-state index is 11.5. The topological polar surface area (TPSA) is 56.3 Å². The third-order valence-corrected chi connectivity index (χ3v) is 5.75. The van der Waals surface area contributed by atoms with Crippen LogP contribution in [-0.4, -0.2) is 13.4 Å². The third kappa shape index (κ3) is 3.75. The average Bonchev–Trinajstić information content (AvgIpc) is 2.63. The predicted octanol–water partition coefficient (Wildman–Crippen LogP) is 3.88. The summed E-state index contributed by atoms with van der Waals surface area (Å²) in [5.74, 6) is 0.611. The van der Waals surface area contributed by atoms with Crippen molar-refractivity contribution in [1.82, 2.24) is 4.98 Å². The van der Waals surface area contributed by atoms with Gasteiger partial charge in [0.25, 0.3) is 9.05 Å². The van der Waals surface area contributed by atoms with Gasteiger partial charge in [0, 0.05) is 15.6 Å². The second-order valence-corrected chi connectivity index (χ2v) is 8.65. The van der Waals surface area contributed by atoms with Crippen LogP contribution in [-0.2, 0) is 15.7 Å². The van der Waals surface area contributed by atoms with E-state index in [0.29, 0.717) is 23.5 Å². The Kier molecular flexibility index (Phi) is 4.60. The van der Waals surface area contributed by atoms with Gasteiger partial charge in [-0.1, -0.05) is 0 Å². The van der Waals surface area contributed by atoms with Crippen molar-refractivity contribution in [3.63, 3.8) is 0 Å². The lowest BCUT2D eigenvalue weighted by Crippen LogP contribution is -2.01. The van der Waals surface area contributed by atoms with Crippen LogP contribution in [0.2, 0.25) is 0 Å². The van der Waals surface area contributed by atoms with Gasteiger partial charge in [-0.25, -0.2) is 13.4 Å². The van der Waals surface area contributed by atoms with Crippen LogP contribution in [0.3, 0.4) is 0 Å². The van der Waals surface area contributed by atoms with Gasteiger partial charge in [0.1, 0.15) is 17.4 Å². The maximum Gasteiger partial charge on any atom is 0.261 e. The van der Waals surface area contributed by atoms with Gasteiger partial charge in [-0.2, -0.15) is 0 Å². The van der Waals surface area contributed by atoms with Crippen LogP contribution in [0.25, 0.3) is 0 Å². The lowest BCUT2D eigenvalue weighted by atomic mass is 10.1. The molecule has 2 rings (SSSR count). The Hall–Kier alpha value is -1.11. The van der Waals surface area contributed by atoms with E-state index in [0.717, 1.165) is 10.7 Å². The summed E-state index contributed by atoms with van der Waals surface area (Å²) >= 11 is 1.60. The molecule has 114 valence electrons. The summed E-state index contributed by atoms with van der Waals surface area (Å²) in [7, 11) is 1.69. The van der Waals surface area contributed by atoms with Gasteiger partial charge in [0.2, 0.25) is 0 Å². The van der Waals surface area contributed by atoms with Crippen LogP contribution in [0.4, 0.5) is 0 Å². The predicted molar refractivity (Wildman–Crippen MR) is 84.9 cm³/mol. The number of benzene rings is 1. The summed E-state index contributed by atoms with van der Waals surface area (Å²) in [6, 6.07) is 3.35. The second kappa shape index (κ2) is 5.94. The lowest BCUT2D eigenvalue weighted by Gasteiger charge is -2.10. The van der Waals surface area contributed by atoms with Crippen molar-refractivity contribution in [3.8, 4) is 5.75 Å². The Morgan fingerprint density at radius 3 is 2.19 bits per heavy atom. The van der Waals surface area contributed by atoms with Crippen LogP contribution < -0.4 is 4.74 Å². The summed E-state index contributed by atoms with van der Waals surface area (Å²) in [6.45, 7) is 7.75. The molecule has 0 bridgehead atoms. The fraction of sp³-hybridized carbons (Fsp3) is 0.357. The molecule has 0 unspecified atom stereocenters. The first-order chi connectivity index (χ1) is 9.68. The molecule has 0 saturated carbocycles. The number of aromatic nitrogens is 1. The third-order valence-electron chi connectivity index (χ3n) is 3.11. The fourth-order valence-electron chi connectivity index (χ4n) is 2.12. The van der Waals surface area contributed by atoms with Gasteiger partial charge in [-0.3, -0.25) is 0 Å². The van der Waals surface area contributed by atoms with Crippen molar-refractivity contribution >= 4 is 31.1 Å². The highest BCUT2D eigenvalue weighted by atomic mass is 35.7. The zero-order valence-electron chi connectivity index (χ0n) is 12.2. The van der Waals surface area contributed by atoms with E-state index in [9.17, 15) is 8.42 Å². The van der Waals surface area contributed by atoms with Crippen molar-refractivity contribution in [2.24, 2.45) is 0 Å². The molecule has 1 aromatic carbocycles.